The molecule has 2 atom stereocenters. The van der Waals surface area contributed by atoms with Gasteiger partial charge in [-0.15, -0.1) is 0 Å². The number of anilines is 1. The SMILES string of the molecule is CC(C)(C)C1CCc2[nH]nc(C(=O)N[C@H]3CCc4cc(Cl)ccc4NC3=O)c2C1. The molecule has 6 nitrogen and oxygen atoms in total. The maximum absolute atomic E-state index is 13.0. The van der Waals surface area contributed by atoms with Gasteiger partial charge >= 0.3 is 0 Å². The molecule has 2 heterocycles. The molecule has 1 aromatic carbocycles. The number of halogens is 1. The summed E-state index contributed by atoms with van der Waals surface area (Å²) in [7, 11) is 0. The van der Waals surface area contributed by atoms with Crippen molar-refractivity contribution in [1.29, 1.82) is 0 Å². The van der Waals surface area contributed by atoms with Crippen molar-refractivity contribution in [3.8, 4) is 0 Å². The quantitative estimate of drug-likeness (QED) is 0.696. The molecule has 2 aliphatic rings. The van der Waals surface area contributed by atoms with E-state index in [1.807, 2.05) is 6.07 Å². The number of aryl methyl sites for hydroxylation is 2. The largest absolute Gasteiger partial charge is 0.339 e. The third kappa shape index (κ3) is 4.04. The van der Waals surface area contributed by atoms with Gasteiger partial charge in [-0.2, -0.15) is 5.10 Å². The maximum atomic E-state index is 13.0. The monoisotopic (exact) mass is 414 g/mol. The molecular formula is C22H27ClN4O2. The van der Waals surface area contributed by atoms with Crippen molar-refractivity contribution in [2.75, 3.05) is 5.32 Å². The van der Waals surface area contributed by atoms with Crippen LogP contribution < -0.4 is 10.6 Å². The van der Waals surface area contributed by atoms with E-state index in [1.165, 1.54) is 0 Å². The first-order valence-corrected chi connectivity index (χ1v) is 10.6. The Balaban J connectivity index is 1.50. The zero-order valence-electron chi connectivity index (χ0n) is 17.1. The maximum Gasteiger partial charge on any atom is 0.272 e. The number of hydrogen-bond acceptors (Lipinski definition) is 3. The van der Waals surface area contributed by atoms with E-state index in [1.54, 1.807) is 12.1 Å². The lowest BCUT2D eigenvalue weighted by Crippen LogP contribution is -2.43. The molecular weight excluding hydrogens is 388 g/mol. The van der Waals surface area contributed by atoms with Gasteiger partial charge in [0.1, 0.15) is 6.04 Å². The zero-order valence-corrected chi connectivity index (χ0v) is 17.8. The molecule has 2 aromatic rings. The molecule has 0 radical (unpaired) electrons. The second kappa shape index (κ2) is 7.48. The van der Waals surface area contributed by atoms with Gasteiger partial charge in [-0.05, 0) is 67.2 Å². The fourth-order valence-electron chi connectivity index (χ4n) is 4.33. The van der Waals surface area contributed by atoms with Gasteiger partial charge in [-0.3, -0.25) is 14.7 Å². The summed E-state index contributed by atoms with van der Waals surface area (Å²) < 4.78 is 0. The van der Waals surface area contributed by atoms with Crippen LogP contribution in [-0.2, 0) is 24.1 Å². The fourth-order valence-corrected chi connectivity index (χ4v) is 4.52. The van der Waals surface area contributed by atoms with E-state index in [-0.39, 0.29) is 17.2 Å². The van der Waals surface area contributed by atoms with Gasteiger partial charge in [0.25, 0.3) is 5.91 Å². The Morgan fingerprint density at radius 3 is 2.79 bits per heavy atom. The molecule has 29 heavy (non-hydrogen) atoms. The minimum Gasteiger partial charge on any atom is -0.339 e. The summed E-state index contributed by atoms with van der Waals surface area (Å²) in [6, 6.07) is 4.80. The molecule has 2 amide bonds. The van der Waals surface area contributed by atoms with E-state index in [2.05, 4.69) is 41.6 Å². The number of carbonyl (C=O) groups is 2. The Labute approximate surface area is 175 Å². The molecule has 7 heteroatoms. The van der Waals surface area contributed by atoms with Crippen LogP contribution in [0.1, 0.15) is 60.9 Å². The third-order valence-corrected chi connectivity index (χ3v) is 6.47. The highest BCUT2D eigenvalue weighted by Gasteiger charge is 2.34. The molecule has 1 aliphatic carbocycles. The van der Waals surface area contributed by atoms with Crippen molar-refractivity contribution < 1.29 is 9.59 Å². The fraction of sp³-hybridized carbons (Fsp3) is 0.500. The number of aromatic amines is 1. The van der Waals surface area contributed by atoms with E-state index < -0.39 is 6.04 Å². The van der Waals surface area contributed by atoms with E-state index in [0.29, 0.717) is 29.5 Å². The Bertz CT molecular complexity index is 960. The van der Waals surface area contributed by atoms with Crippen LogP contribution in [0.15, 0.2) is 18.2 Å². The van der Waals surface area contributed by atoms with E-state index in [9.17, 15) is 9.59 Å². The van der Waals surface area contributed by atoms with Crippen molar-refractivity contribution in [3.63, 3.8) is 0 Å². The average molecular weight is 415 g/mol. The van der Waals surface area contributed by atoms with Crippen molar-refractivity contribution >= 4 is 29.1 Å². The highest BCUT2D eigenvalue weighted by atomic mass is 35.5. The predicted molar refractivity (Wildman–Crippen MR) is 113 cm³/mol. The Morgan fingerprint density at radius 2 is 2.03 bits per heavy atom. The van der Waals surface area contributed by atoms with Crippen molar-refractivity contribution in [3.05, 3.63) is 45.7 Å². The van der Waals surface area contributed by atoms with Gasteiger partial charge in [-0.25, -0.2) is 0 Å². The molecule has 3 N–H and O–H groups in total. The Kier molecular flexibility index (Phi) is 5.15. The Hall–Kier alpha value is -2.34. The van der Waals surface area contributed by atoms with Crippen LogP contribution in [0.5, 0.6) is 0 Å². The van der Waals surface area contributed by atoms with Crippen LogP contribution in [-0.4, -0.2) is 28.1 Å². The summed E-state index contributed by atoms with van der Waals surface area (Å²) in [6.45, 7) is 6.72. The molecule has 4 rings (SSSR count). The summed E-state index contributed by atoms with van der Waals surface area (Å²) in [5.41, 5.74) is 4.37. The summed E-state index contributed by atoms with van der Waals surface area (Å²) in [5, 5.41) is 13.8. The summed E-state index contributed by atoms with van der Waals surface area (Å²) in [4.78, 5) is 25.6. The highest BCUT2D eigenvalue weighted by Crippen LogP contribution is 2.37. The second-order valence-corrected chi connectivity index (χ2v) is 9.63. The number of nitrogens with one attached hydrogen (secondary N) is 3. The molecule has 154 valence electrons. The lowest BCUT2D eigenvalue weighted by Gasteiger charge is -2.33. The Morgan fingerprint density at radius 1 is 1.24 bits per heavy atom. The molecule has 1 aromatic heterocycles. The number of benzene rings is 1. The standard InChI is InChI=1S/C22H27ClN4O2/c1-22(2,3)13-5-8-17-15(11-13)19(27-26-17)21(29)25-18-7-4-12-10-14(23)6-9-16(12)24-20(18)28/h6,9-10,13,18H,4-5,7-8,11H2,1-3H3,(H,24,28)(H,25,29)(H,26,27)/t13?,18-/m0/s1. The minimum atomic E-state index is -0.608. The third-order valence-electron chi connectivity index (χ3n) is 6.24. The van der Waals surface area contributed by atoms with Crippen LogP contribution in [0.3, 0.4) is 0 Å². The summed E-state index contributed by atoms with van der Waals surface area (Å²) >= 11 is 6.07. The average Bonchev–Trinajstić information content (AvgIpc) is 3.02. The topological polar surface area (TPSA) is 86.9 Å². The van der Waals surface area contributed by atoms with E-state index >= 15 is 0 Å². The van der Waals surface area contributed by atoms with Gasteiger partial charge < -0.3 is 10.6 Å². The van der Waals surface area contributed by atoms with Crippen molar-refractivity contribution in [2.24, 2.45) is 11.3 Å². The first-order chi connectivity index (χ1) is 13.7. The van der Waals surface area contributed by atoms with Gasteiger partial charge in [0.15, 0.2) is 5.69 Å². The first kappa shape index (κ1) is 20.0. The lowest BCUT2D eigenvalue weighted by molar-refractivity contribution is -0.118. The highest BCUT2D eigenvalue weighted by molar-refractivity contribution is 6.30. The van der Waals surface area contributed by atoms with Gasteiger partial charge in [0.05, 0.1) is 0 Å². The van der Waals surface area contributed by atoms with Crippen molar-refractivity contribution in [1.82, 2.24) is 15.5 Å². The molecule has 0 spiro atoms. The summed E-state index contributed by atoms with van der Waals surface area (Å²) in [6.07, 6.45) is 3.99. The van der Waals surface area contributed by atoms with Crippen LogP contribution >= 0.6 is 11.6 Å². The zero-order chi connectivity index (χ0) is 20.8. The number of nitrogens with zero attached hydrogens (tertiary/aromatic N) is 1. The van der Waals surface area contributed by atoms with Crippen LogP contribution in [0.4, 0.5) is 5.69 Å². The first-order valence-electron chi connectivity index (χ1n) is 10.2. The van der Waals surface area contributed by atoms with Gasteiger partial charge in [0, 0.05) is 22.0 Å². The number of H-pyrrole nitrogens is 1. The number of hydrogen-bond donors (Lipinski definition) is 3. The molecule has 0 fully saturated rings. The molecule has 0 saturated heterocycles. The number of fused-ring (bicyclic) bond motifs is 2. The van der Waals surface area contributed by atoms with E-state index in [0.717, 1.165) is 41.8 Å². The number of carbonyl (C=O) groups excluding carboxylic acids is 2. The summed E-state index contributed by atoms with van der Waals surface area (Å²) in [5.74, 6) is -0.00262. The van der Waals surface area contributed by atoms with Crippen LogP contribution in [0, 0.1) is 11.3 Å². The molecule has 0 bridgehead atoms. The second-order valence-electron chi connectivity index (χ2n) is 9.19. The van der Waals surface area contributed by atoms with Crippen LogP contribution in [0.25, 0.3) is 0 Å². The molecule has 1 unspecified atom stereocenters. The number of amides is 2. The van der Waals surface area contributed by atoms with Crippen LogP contribution in [0.2, 0.25) is 5.02 Å². The predicted octanol–water partition coefficient (Wildman–Crippen LogP) is 3.90. The smallest absolute Gasteiger partial charge is 0.272 e. The normalized spacial score (nSPS) is 21.6. The van der Waals surface area contributed by atoms with E-state index in [4.69, 9.17) is 11.6 Å². The molecule has 1 aliphatic heterocycles. The number of rotatable bonds is 2. The number of aromatic nitrogens is 2. The van der Waals surface area contributed by atoms with Gasteiger partial charge in [-0.1, -0.05) is 32.4 Å². The lowest BCUT2D eigenvalue weighted by atomic mass is 9.71. The molecule has 0 saturated carbocycles. The van der Waals surface area contributed by atoms with Crippen molar-refractivity contribution in [2.45, 2.75) is 58.9 Å². The van der Waals surface area contributed by atoms with Gasteiger partial charge in [0.2, 0.25) is 5.91 Å². The minimum absolute atomic E-state index is 0.178.